The van der Waals surface area contributed by atoms with E-state index in [-0.39, 0.29) is 30.5 Å². The number of furan rings is 1. The highest BCUT2D eigenvalue weighted by atomic mass is 32.1. The molecule has 0 saturated carbocycles. The summed E-state index contributed by atoms with van der Waals surface area (Å²) < 4.78 is 5.35. The SMILES string of the molecule is Cc1oc(CN(C)C(=O)CN(C)C(=O)c2cccs2)cc1C(=O)O. The summed E-state index contributed by atoms with van der Waals surface area (Å²) in [5.41, 5.74) is 0.0795. The molecule has 0 spiro atoms. The number of hydrogen-bond acceptors (Lipinski definition) is 5. The molecule has 0 aromatic carbocycles. The van der Waals surface area contributed by atoms with Gasteiger partial charge in [-0.25, -0.2) is 4.79 Å². The summed E-state index contributed by atoms with van der Waals surface area (Å²) >= 11 is 1.32. The third kappa shape index (κ3) is 4.02. The van der Waals surface area contributed by atoms with Crippen LogP contribution in [-0.2, 0) is 11.3 Å². The normalized spacial score (nSPS) is 10.5. The van der Waals surface area contributed by atoms with E-state index in [0.717, 1.165) is 0 Å². The molecule has 7 nitrogen and oxygen atoms in total. The van der Waals surface area contributed by atoms with Gasteiger partial charge in [0, 0.05) is 14.1 Å². The van der Waals surface area contributed by atoms with Crippen molar-refractivity contribution in [3.05, 3.63) is 45.5 Å². The number of nitrogens with zero attached hydrogens (tertiary/aromatic N) is 2. The fraction of sp³-hybridized carbons (Fsp3) is 0.312. The number of thiophene rings is 1. The lowest BCUT2D eigenvalue weighted by molar-refractivity contribution is -0.131. The lowest BCUT2D eigenvalue weighted by Crippen LogP contribution is -2.38. The van der Waals surface area contributed by atoms with Gasteiger partial charge in [-0.15, -0.1) is 11.3 Å². The summed E-state index contributed by atoms with van der Waals surface area (Å²) in [6.07, 6.45) is 0. The van der Waals surface area contributed by atoms with Gasteiger partial charge in [-0.2, -0.15) is 0 Å². The number of aryl methyl sites for hydroxylation is 1. The van der Waals surface area contributed by atoms with Crippen molar-refractivity contribution in [3.63, 3.8) is 0 Å². The van der Waals surface area contributed by atoms with E-state index in [2.05, 4.69) is 0 Å². The van der Waals surface area contributed by atoms with E-state index in [1.54, 1.807) is 38.5 Å². The van der Waals surface area contributed by atoms with E-state index in [0.29, 0.717) is 16.4 Å². The Morgan fingerprint density at radius 3 is 2.50 bits per heavy atom. The first-order valence-corrected chi connectivity index (χ1v) is 8.03. The van der Waals surface area contributed by atoms with Gasteiger partial charge in [-0.05, 0) is 24.4 Å². The minimum Gasteiger partial charge on any atom is -0.478 e. The van der Waals surface area contributed by atoms with Crippen molar-refractivity contribution in [1.29, 1.82) is 0 Å². The highest BCUT2D eigenvalue weighted by Gasteiger charge is 2.20. The van der Waals surface area contributed by atoms with Crippen molar-refractivity contribution in [2.45, 2.75) is 13.5 Å². The zero-order valence-corrected chi connectivity index (χ0v) is 14.4. The highest BCUT2D eigenvalue weighted by Crippen LogP contribution is 2.16. The first-order valence-electron chi connectivity index (χ1n) is 7.15. The second kappa shape index (κ2) is 7.31. The van der Waals surface area contributed by atoms with Gasteiger partial charge in [0.2, 0.25) is 5.91 Å². The Kier molecular flexibility index (Phi) is 5.40. The predicted octanol–water partition coefficient (Wildman–Crippen LogP) is 2.08. The third-order valence-electron chi connectivity index (χ3n) is 3.47. The van der Waals surface area contributed by atoms with Crippen molar-refractivity contribution in [3.8, 4) is 0 Å². The summed E-state index contributed by atoms with van der Waals surface area (Å²) in [5, 5.41) is 10.8. The van der Waals surface area contributed by atoms with E-state index in [1.165, 1.54) is 27.2 Å². The number of aromatic carboxylic acids is 1. The van der Waals surface area contributed by atoms with Gasteiger partial charge >= 0.3 is 5.97 Å². The number of carboxylic acids is 1. The molecule has 24 heavy (non-hydrogen) atoms. The minimum atomic E-state index is -1.07. The van der Waals surface area contributed by atoms with E-state index in [1.807, 2.05) is 0 Å². The smallest absolute Gasteiger partial charge is 0.339 e. The molecule has 0 fully saturated rings. The van der Waals surface area contributed by atoms with Crippen LogP contribution in [0.4, 0.5) is 0 Å². The van der Waals surface area contributed by atoms with Crippen molar-refractivity contribution >= 4 is 29.1 Å². The van der Waals surface area contributed by atoms with Gasteiger partial charge in [0.25, 0.3) is 5.91 Å². The summed E-state index contributed by atoms with van der Waals surface area (Å²) in [6, 6.07) is 4.89. The number of hydrogen-bond donors (Lipinski definition) is 1. The van der Waals surface area contributed by atoms with E-state index < -0.39 is 5.97 Å². The Hall–Kier alpha value is -2.61. The molecular formula is C16H18N2O5S. The molecule has 0 radical (unpaired) electrons. The van der Waals surface area contributed by atoms with Crippen LogP contribution in [0.25, 0.3) is 0 Å². The maximum atomic E-state index is 12.2. The van der Waals surface area contributed by atoms with Crippen LogP contribution in [0.1, 0.15) is 31.6 Å². The molecule has 0 bridgehead atoms. The average molecular weight is 350 g/mol. The predicted molar refractivity (Wildman–Crippen MR) is 88.2 cm³/mol. The quantitative estimate of drug-likeness (QED) is 0.861. The topological polar surface area (TPSA) is 91.1 Å². The summed E-state index contributed by atoms with van der Waals surface area (Å²) in [4.78, 5) is 38.7. The molecule has 8 heteroatoms. The molecule has 0 saturated heterocycles. The second-order valence-electron chi connectivity index (χ2n) is 5.38. The Balaban J connectivity index is 1.96. The van der Waals surface area contributed by atoms with Crippen LogP contribution in [0, 0.1) is 6.92 Å². The molecule has 2 heterocycles. The first kappa shape index (κ1) is 17.7. The van der Waals surface area contributed by atoms with Crippen LogP contribution in [0.15, 0.2) is 28.0 Å². The van der Waals surface area contributed by atoms with Crippen LogP contribution < -0.4 is 0 Å². The van der Waals surface area contributed by atoms with Gasteiger partial charge in [0.05, 0.1) is 18.0 Å². The highest BCUT2D eigenvalue weighted by molar-refractivity contribution is 7.12. The number of carbonyl (C=O) groups excluding carboxylic acids is 2. The average Bonchev–Trinajstić information content (AvgIpc) is 3.15. The molecule has 0 aliphatic carbocycles. The van der Waals surface area contributed by atoms with Gasteiger partial charge in [-0.1, -0.05) is 6.07 Å². The standard InChI is InChI=1S/C16H18N2O5S/c1-10-12(16(21)22)7-11(23-10)8-17(2)14(19)9-18(3)15(20)13-5-4-6-24-13/h4-7H,8-9H2,1-3H3,(H,21,22). The van der Waals surface area contributed by atoms with Crippen molar-refractivity contribution in [2.24, 2.45) is 0 Å². The van der Waals surface area contributed by atoms with Gasteiger partial charge in [0.1, 0.15) is 17.1 Å². The zero-order chi connectivity index (χ0) is 17.9. The minimum absolute atomic E-state index is 0.0707. The lowest BCUT2D eigenvalue weighted by Gasteiger charge is -2.21. The molecule has 2 aromatic rings. The molecule has 0 aliphatic rings. The molecule has 128 valence electrons. The van der Waals surface area contributed by atoms with Crippen LogP contribution >= 0.6 is 11.3 Å². The molecule has 0 aliphatic heterocycles. The number of amides is 2. The summed E-state index contributed by atoms with van der Waals surface area (Å²) in [6.45, 7) is 1.62. The number of rotatable bonds is 6. The monoisotopic (exact) mass is 350 g/mol. The molecule has 1 N–H and O–H groups in total. The van der Waals surface area contributed by atoms with Crippen LogP contribution in [0.5, 0.6) is 0 Å². The Labute approximate surface area is 143 Å². The number of carbonyl (C=O) groups is 3. The summed E-state index contributed by atoms with van der Waals surface area (Å²) in [5.74, 6) is -0.879. The van der Waals surface area contributed by atoms with Crippen LogP contribution in [-0.4, -0.2) is 53.3 Å². The summed E-state index contributed by atoms with van der Waals surface area (Å²) in [7, 11) is 3.14. The van der Waals surface area contributed by atoms with Crippen LogP contribution in [0.2, 0.25) is 0 Å². The molecular weight excluding hydrogens is 332 g/mol. The molecule has 0 unspecified atom stereocenters. The third-order valence-corrected chi connectivity index (χ3v) is 4.33. The molecule has 0 atom stereocenters. The van der Waals surface area contributed by atoms with Gasteiger partial charge in [-0.3, -0.25) is 9.59 Å². The van der Waals surface area contributed by atoms with Crippen LogP contribution in [0.3, 0.4) is 0 Å². The fourth-order valence-corrected chi connectivity index (χ4v) is 2.86. The number of carboxylic acid groups (broad SMARTS) is 1. The second-order valence-corrected chi connectivity index (χ2v) is 6.32. The first-order chi connectivity index (χ1) is 11.3. The maximum Gasteiger partial charge on any atom is 0.339 e. The van der Waals surface area contributed by atoms with E-state index in [4.69, 9.17) is 9.52 Å². The van der Waals surface area contributed by atoms with Gasteiger partial charge in [0.15, 0.2) is 0 Å². The zero-order valence-electron chi connectivity index (χ0n) is 13.6. The van der Waals surface area contributed by atoms with Gasteiger partial charge < -0.3 is 19.3 Å². The Morgan fingerprint density at radius 1 is 1.25 bits per heavy atom. The molecule has 2 aromatic heterocycles. The largest absolute Gasteiger partial charge is 0.478 e. The lowest BCUT2D eigenvalue weighted by atomic mass is 10.2. The molecule has 2 amide bonds. The Bertz CT molecular complexity index is 751. The number of likely N-dealkylation sites (N-methyl/N-ethyl adjacent to an activating group) is 2. The molecule has 2 rings (SSSR count). The van der Waals surface area contributed by atoms with Crippen molar-refractivity contribution in [2.75, 3.05) is 20.6 Å². The van der Waals surface area contributed by atoms with E-state index >= 15 is 0 Å². The maximum absolute atomic E-state index is 12.2. The van der Waals surface area contributed by atoms with Crippen molar-refractivity contribution < 1.29 is 23.9 Å². The van der Waals surface area contributed by atoms with E-state index in [9.17, 15) is 14.4 Å². The Morgan fingerprint density at radius 2 is 1.96 bits per heavy atom. The van der Waals surface area contributed by atoms with Crippen molar-refractivity contribution in [1.82, 2.24) is 9.80 Å². The fourth-order valence-electron chi connectivity index (χ4n) is 2.14.